The molecule has 3 amide bonds. The quantitative estimate of drug-likeness (QED) is 0.762. The van der Waals surface area contributed by atoms with Crippen LogP contribution in [0.4, 0.5) is 10.5 Å². The highest BCUT2D eigenvalue weighted by atomic mass is 16.2. The molecule has 0 aliphatic heterocycles. The summed E-state index contributed by atoms with van der Waals surface area (Å²) in [6, 6.07) is 16.6. The number of urea groups is 1. The van der Waals surface area contributed by atoms with E-state index >= 15 is 0 Å². The highest BCUT2D eigenvalue weighted by Crippen LogP contribution is 2.11. The third kappa shape index (κ3) is 5.49. The molecule has 5 heteroatoms. The van der Waals surface area contributed by atoms with Crippen molar-refractivity contribution in [2.45, 2.75) is 6.42 Å². The highest BCUT2D eigenvalue weighted by molar-refractivity contribution is 5.95. The summed E-state index contributed by atoms with van der Waals surface area (Å²) < 4.78 is 0. The van der Waals surface area contributed by atoms with Crippen LogP contribution in [0.5, 0.6) is 0 Å². The van der Waals surface area contributed by atoms with Crippen LogP contribution in [-0.4, -0.2) is 37.0 Å². The maximum absolute atomic E-state index is 12.5. The molecule has 0 atom stereocenters. The molecule has 2 N–H and O–H groups in total. The molecule has 2 aromatic carbocycles. The van der Waals surface area contributed by atoms with Crippen molar-refractivity contribution in [1.29, 1.82) is 0 Å². The Balaban J connectivity index is 1.97. The maximum Gasteiger partial charge on any atom is 0.322 e. The molecule has 0 saturated heterocycles. The average Bonchev–Trinajstić information content (AvgIpc) is 2.65. The van der Waals surface area contributed by atoms with E-state index < -0.39 is 0 Å². The Kier molecular flexibility index (Phi) is 6.77. The summed E-state index contributed by atoms with van der Waals surface area (Å²) in [5.41, 5.74) is 2.37. The molecule has 0 radical (unpaired) electrons. The van der Waals surface area contributed by atoms with Gasteiger partial charge in [-0.25, -0.2) is 4.79 Å². The van der Waals surface area contributed by atoms with Gasteiger partial charge in [-0.1, -0.05) is 36.4 Å². The second-order valence-corrected chi connectivity index (χ2v) is 5.56. The third-order valence-corrected chi connectivity index (χ3v) is 3.78. The number of hydrogen-bond donors (Lipinski definition) is 2. The van der Waals surface area contributed by atoms with Crippen molar-refractivity contribution >= 4 is 17.6 Å². The fraction of sp³-hybridized carbons (Fsp3) is 0.200. The molecule has 0 bridgehead atoms. The van der Waals surface area contributed by atoms with Gasteiger partial charge in [0, 0.05) is 31.4 Å². The predicted molar refractivity (Wildman–Crippen MR) is 101 cm³/mol. The standard InChI is InChI=1S/C20H23N3O2/c1-3-14-23(15-13-16-7-5-4-6-8-16)20(25)22-18-11-9-17(10-12-18)19(24)21-2/h3-12H,1,13-15H2,2H3,(H,21,24)(H,22,25). The summed E-state index contributed by atoms with van der Waals surface area (Å²) in [5, 5.41) is 5.42. The summed E-state index contributed by atoms with van der Waals surface area (Å²) in [4.78, 5) is 25.7. The highest BCUT2D eigenvalue weighted by Gasteiger charge is 2.12. The molecule has 0 aromatic heterocycles. The van der Waals surface area contributed by atoms with E-state index in [9.17, 15) is 9.59 Å². The Morgan fingerprint density at radius 2 is 1.76 bits per heavy atom. The Bertz CT molecular complexity index is 711. The molecule has 2 rings (SSSR count). The van der Waals surface area contributed by atoms with Gasteiger partial charge in [0.25, 0.3) is 5.91 Å². The minimum Gasteiger partial charge on any atom is -0.355 e. The van der Waals surface area contributed by atoms with Gasteiger partial charge >= 0.3 is 6.03 Å². The molecule has 0 unspecified atom stereocenters. The van der Waals surface area contributed by atoms with Crippen LogP contribution in [0.3, 0.4) is 0 Å². The Morgan fingerprint density at radius 1 is 1.08 bits per heavy atom. The fourth-order valence-corrected chi connectivity index (χ4v) is 2.39. The van der Waals surface area contributed by atoms with Crippen LogP contribution in [0.2, 0.25) is 0 Å². The monoisotopic (exact) mass is 337 g/mol. The molecule has 0 fully saturated rings. The van der Waals surface area contributed by atoms with Gasteiger partial charge in [-0.05, 0) is 36.2 Å². The smallest absolute Gasteiger partial charge is 0.322 e. The summed E-state index contributed by atoms with van der Waals surface area (Å²) in [6.07, 6.45) is 2.48. The number of carbonyl (C=O) groups is 2. The van der Waals surface area contributed by atoms with Gasteiger partial charge in [0.05, 0.1) is 0 Å². The zero-order valence-corrected chi connectivity index (χ0v) is 14.4. The molecule has 0 heterocycles. The van der Waals surface area contributed by atoms with Gasteiger partial charge in [-0.2, -0.15) is 0 Å². The Hall–Kier alpha value is -3.08. The number of nitrogens with one attached hydrogen (secondary N) is 2. The van der Waals surface area contributed by atoms with E-state index in [0.717, 1.165) is 6.42 Å². The van der Waals surface area contributed by atoms with Crippen molar-refractivity contribution < 1.29 is 9.59 Å². The van der Waals surface area contributed by atoms with Crippen molar-refractivity contribution in [1.82, 2.24) is 10.2 Å². The van der Waals surface area contributed by atoms with Gasteiger partial charge in [-0.15, -0.1) is 6.58 Å². The first-order valence-corrected chi connectivity index (χ1v) is 8.17. The van der Waals surface area contributed by atoms with Crippen molar-refractivity contribution in [3.05, 3.63) is 78.4 Å². The largest absolute Gasteiger partial charge is 0.355 e. The molecule has 2 aromatic rings. The third-order valence-electron chi connectivity index (χ3n) is 3.78. The summed E-state index contributed by atoms with van der Waals surface area (Å²) in [6.45, 7) is 4.78. The van der Waals surface area contributed by atoms with Crippen LogP contribution < -0.4 is 10.6 Å². The zero-order valence-electron chi connectivity index (χ0n) is 14.4. The average molecular weight is 337 g/mol. The van der Waals surface area contributed by atoms with Crippen molar-refractivity contribution in [3.8, 4) is 0 Å². The van der Waals surface area contributed by atoms with E-state index in [0.29, 0.717) is 24.3 Å². The lowest BCUT2D eigenvalue weighted by molar-refractivity contribution is 0.0963. The van der Waals surface area contributed by atoms with E-state index in [1.807, 2.05) is 30.3 Å². The minimum atomic E-state index is -0.191. The molecule has 0 aliphatic rings. The Morgan fingerprint density at radius 3 is 2.36 bits per heavy atom. The molecule has 130 valence electrons. The SMILES string of the molecule is C=CCN(CCc1ccccc1)C(=O)Nc1ccc(C(=O)NC)cc1. The van der Waals surface area contributed by atoms with Gasteiger partial charge in [0.15, 0.2) is 0 Å². The first-order valence-electron chi connectivity index (χ1n) is 8.17. The number of benzene rings is 2. The van der Waals surface area contributed by atoms with Crippen molar-refractivity contribution in [2.24, 2.45) is 0 Å². The minimum absolute atomic E-state index is 0.158. The second kappa shape index (κ2) is 9.27. The number of nitrogens with zero attached hydrogens (tertiary/aromatic N) is 1. The molecule has 5 nitrogen and oxygen atoms in total. The molecular weight excluding hydrogens is 314 g/mol. The first-order chi connectivity index (χ1) is 12.1. The van der Waals surface area contributed by atoms with Gasteiger partial charge in [-0.3, -0.25) is 4.79 Å². The summed E-state index contributed by atoms with van der Waals surface area (Å²) in [7, 11) is 1.58. The van der Waals surface area contributed by atoms with Crippen LogP contribution >= 0.6 is 0 Å². The molecule has 0 aliphatic carbocycles. The van der Waals surface area contributed by atoms with E-state index in [2.05, 4.69) is 17.2 Å². The van der Waals surface area contributed by atoms with E-state index in [4.69, 9.17) is 0 Å². The first kappa shape index (κ1) is 18.3. The number of anilines is 1. The maximum atomic E-state index is 12.5. The van der Waals surface area contributed by atoms with E-state index in [1.54, 1.807) is 42.3 Å². The van der Waals surface area contributed by atoms with Gasteiger partial charge in [0.2, 0.25) is 0 Å². The lowest BCUT2D eigenvalue weighted by Gasteiger charge is -2.21. The van der Waals surface area contributed by atoms with E-state index in [1.165, 1.54) is 5.56 Å². The zero-order chi connectivity index (χ0) is 18.1. The van der Waals surface area contributed by atoms with Gasteiger partial charge in [0.1, 0.15) is 0 Å². The lowest BCUT2D eigenvalue weighted by atomic mass is 10.1. The van der Waals surface area contributed by atoms with Crippen molar-refractivity contribution in [2.75, 3.05) is 25.5 Å². The lowest BCUT2D eigenvalue weighted by Crippen LogP contribution is -2.36. The summed E-state index contributed by atoms with van der Waals surface area (Å²) in [5.74, 6) is -0.158. The van der Waals surface area contributed by atoms with Crippen LogP contribution in [0, 0.1) is 0 Å². The topological polar surface area (TPSA) is 61.4 Å². The molecular formula is C20H23N3O2. The van der Waals surface area contributed by atoms with E-state index in [-0.39, 0.29) is 11.9 Å². The number of carbonyl (C=O) groups excluding carboxylic acids is 2. The summed E-state index contributed by atoms with van der Waals surface area (Å²) >= 11 is 0. The molecule has 0 spiro atoms. The number of rotatable bonds is 7. The van der Waals surface area contributed by atoms with Crippen LogP contribution in [0.15, 0.2) is 67.3 Å². The van der Waals surface area contributed by atoms with Crippen LogP contribution in [0.1, 0.15) is 15.9 Å². The van der Waals surface area contributed by atoms with Crippen LogP contribution in [-0.2, 0) is 6.42 Å². The number of amides is 3. The molecule has 25 heavy (non-hydrogen) atoms. The van der Waals surface area contributed by atoms with Crippen molar-refractivity contribution in [3.63, 3.8) is 0 Å². The second-order valence-electron chi connectivity index (χ2n) is 5.56. The normalized spacial score (nSPS) is 9.96. The fourth-order valence-electron chi connectivity index (χ4n) is 2.39. The van der Waals surface area contributed by atoms with Crippen LogP contribution in [0.25, 0.3) is 0 Å². The van der Waals surface area contributed by atoms with Gasteiger partial charge < -0.3 is 15.5 Å². The molecule has 0 saturated carbocycles. The Labute approximate surface area is 148 Å². The number of hydrogen-bond acceptors (Lipinski definition) is 2. The predicted octanol–water partition coefficient (Wildman–Crippen LogP) is 3.31.